The topological polar surface area (TPSA) is 42.1 Å². The van der Waals surface area contributed by atoms with Gasteiger partial charge in [0.25, 0.3) is 0 Å². The molecule has 98 valence electrons. The Labute approximate surface area is 109 Å². The maximum atomic E-state index is 5.71. The van der Waals surface area contributed by atoms with Crippen molar-refractivity contribution >= 4 is 5.82 Å². The molecule has 2 fully saturated rings. The molecule has 0 amide bonds. The molecule has 18 heavy (non-hydrogen) atoms. The second kappa shape index (κ2) is 5.27. The van der Waals surface area contributed by atoms with Crippen LogP contribution in [0.4, 0.5) is 5.82 Å². The zero-order valence-electron chi connectivity index (χ0n) is 11.0. The lowest BCUT2D eigenvalue weighted by atomic mass is 9.75. The zero-order valence-corrected chi connectivity index (χ0v) is 11.0. The van der Waals surface area contributed by atoms with Crippen LogP contribution >= 0.6 is 0 Å². The molecule has 2 heterocycles. The summed E-state index contributed by atoms with van der Waals surface area (Å²) in [6.07, 6.45) is 8.98. The van der Waals surface area contributed by atoms with E-state index in [2.05, 4.69) is 16.0 Å². The Balaban J connectivity index is 1.72. The SMILES string of the molecule is NCc1ccnc(N2CCC3CCCCC3C2)c1. The summed E-state index contributed by atoms with van der Waals surface area (Å²) in [4.78, 5) is 6.98. The van der Waals surface area contributed by atoms with Gasteiger partial charge in [0.15, 0.2) is 0 Å². The molecular weight excluding hydrogens is 222 g/mol. The Morgan fingerprint density at radius 2 is 2.06 bits per heavy atom. The summed E-state index contributed by atoms with van der Waals surface area (Å²) in [5.41, 5.74) is 6.89. The molecule has 1 saturated carbocycles. The average molecular weight is 245 g/mol. The number of nitrogens with zero attached hydrogens (tertiary/aromatic N) is 2. The summed E-state index contributed by atoms with van der Waals surface area (Å²) in [7, 11) is 0. The van der Waals surface area contributed by atoms with Gasteiger partial charge in [-0.25, -0.2) is 4.98 Å². The van der Waals surface area contributed by atoms with Crippen LogP contribution in [0, 0.1) is 11.8 Å². The van der Waals surface area contributed by atoms with Gasteiger partial charge in [0.2, 0.25) is 0 Å². The molecule has 0 radical (unpaired) electrons. The van der Waals surface area contributed by atoms with Crippen LogP contribution in [0.15, 0.2) is 18.3 Å². The average Bonchev–Trinajstić information content (AvgIpc) is 2.47. The predicted octanol–water partition coefficient (Wildman–Crippen LogP) is 2.56. The summed E-state index contributed by atoms with van der Waals surface area (Å²) in [5.74, 6) is 3.01. The first-order valence-corrected chi connectivity index (χ1v) is 7.27. The van der Waals surface area contributed by atoms with Crippen LogP contribution < -0.4 is 10.6 Å². The number of aromatic nitrogens is 1. The highest BCUT2D eigenvalue weighted by atomic mass is 15.2. The first-order chi connectivity index (χ1) is 8.86. The number of piperidine rings is 1. The third kappa shape index (κ3) is 2.37. The molecule has 3 nitrogen and oxygen atoms in total. The van der Waals surface area contributed by atoms with E-state index < -0.39 is 0 Å². The maximum absolute atomic E-state index is 5.71. The van der Waals surface area contributed by atoms with Crippen LogP contribution in [-0.4, -0.2) is 18.1 Å². The zero-order chi connectivity index (χ0) is 12.4. The third-order valence-electron chi connectivity index (χ3n) is 4.66. The van der Waals surface area contributed by atoms with E-state index in [1.165, 1.54) is 50.8 Å². The summed E-state index contributed by atoms with van der Waals surface area (Å²) >= 11 is 0. The van der Waals surface area contributed by atoms with E-state index in [-0.39, 0.29) is 0 Å². The fourth-order valence-electron chi connectivity index (χ4n) is 3.57. The van der Waals surface area contributed by atoms with Crippen molar-refractivity contribution in [3.63, 3.8) is 0 Å². The maximum Gasteiger partial charge on any atom is 0.128 e. The number of pyridine rings is 1. The molecule has 0 aromatic carbocycles. The lowest BCUT2D eigenvalue weighted by Gasteiger charge is -2.41. The van der Waals surface area contributed by atoms with Crippen molar-refractivity contribution in [3.05, 3.63) is 23.9 Å². The molecule has 2 aliphatic rings. The van der Waals surface area contributed by atoms with Gasteiger partial charge in [-0.05, 0) is 42.4 Å². The molecule has 0 bridgehead atoms. The molecule has 1 aliphatic heterocycles. The number of fused-ring (bicyclic) bond motifs is 1. The van der Waals surface area contributed by atoms with Gasteiger partial charge >= 0.3 is 0 Å². The van der Waals surface area contributed by atoms with Crippen LogP contribution in [0.3, 0.4) is 0 Å². The summed E-state index contributed by atoms with van der Waals surface area (Å²) in [6.45, 7) is 2.98. The molecule has 2 atom stereocenters. The van der Waals surface area contributed by atoms with Gasteiger partial charge in [-0.3, -0.25) is 0 Å². The minimum Gasteiger partial charge on any atom is -0.356 e. The fraction of sp³-hybridized carbons (Fsp3) is 0.667. The quantitative estimate of drug-likeness (QED) is 0.870. The van der Waals surface area contributed by atoms with Crippen molar-refractivity contribution < 1.29 is 0 Å². The van der Waals surface area contributed by atoms with Crippen LogP contribution in [-0.2, 0) is 6.54 Å². The molecule has 1 aromatic rings. The minimum atomic E-state index is 0.607. The standard InChI is InChI=1S/C15H23N3/c16-10-12-5-7-17-15(9-12)18-8-6-13-3-1-2-4-14(13)11-18/h5,7,9,13-14H,1-4,6,8,10-11,16H2. The van der Waals surface area contributed by atoms with E-state index >= 15 is 0 Å². The van der Waals surface area contributed by atoms with E-state index in [9.17, 15) is 0 Å². The van der Waals surface area contributed by atoms with Gasteiger partial charge in [0.1, 0.15) is 5.82 Å². The van der Waals surface area contributed by atoms with Gasteiger partial charge in [0, 0.05) is 25.8 Å². The normalized spacial score (nSPS) is 27.9. The Bertz CT molecular complexity index is 404. The predicted molar refractivity (Wildman–Crippen MR) is 74.4 cm³/mol. The van der Waals surface area contributed by atoms with Gasteiger partial charge in [-0.2, -0.15) is 0 Å². The second-order valence-corrected chi connectivity index (χ2v) is 5.77. The van der Waals surface area contributed by atoms with Crippen LogP contribution in [0.2, 0.25) is 0 Å². The van der Waals surface area contributed by atoms with Crippen molar-refractivity contribution in [3.8, 4) is 0 Å². The van der Waals surface area contributed by atoms with Crippen LogP contribution in [0.1, 0.15) is 37.7 Å². The van der Waals surface area contributed by atoms with E-state index in [1.807, 2.05) is 12.3 Å². The molecule has 1 aromatic heterocycles. The Hall–Kier alpha value is -1.09. The van der Waals surface area contributed by atoms with Crippen molar-refractivity contribution in [1.29, 1.82) is 0 Å². The van der Waals surface area contributed by atoms with Gasteiger partial charge < -0.3 is 10.6 Å². The number of rotatable bonds is 2. The first kappa shape index (κ1) is 12.0. The van der Waals surface area contributed by atoms with Gasteiger partial charge in [0.05, 0.1) is 0 Å². The monoisotopic (exact) mass is 245 g/mol. The largest absolute Gasteiger partial charge is 0.356 e. The van der Waals surface area contributed by atoms with Crippen LogP contribution in [0.25, 0.3) is 0 Å². The van der Waals surface area contributed by atoms with Gasteiger partial charge in [-0.1, -0.05) is 19.3 Å². The van der Waals surface area contributed by atoms with E-state index in [0.29, 0.717) is 6.54 Å². The number of hydrogen-bond acceptors (Lipinski definition) is 3. The molecule has 3 heteroatoms. The molecule has 0 spiro atoms. The highest BCUT2D eigenvalue weighted by Gasteiger charge is 2.31. The van der Waals surface area contributed by atoms with E-state index in [1.54, 1.807) is 0 Å². The molecule has 1 aliphatic carbocycles. The summed E-state index contributed by atoms with van der Waals surface area (Å²) in [6, 6.07) is 4.17. The van der Waals surface area contributed by atoms with Crippen molar-refractivity contribution in [2.75, 3.05) is 18.0 Å². The summed E-state index contributed by atoms with van der Waals surface area (Å²) < 4.78 is 0. The van der Waals surface area contributed by atoms with Gasteiger partial charge in [-0.15, -0.1) is 0 Å². The van der Waals surface area contributed by atoms with Crippen molar-refractivity contribution in [2.24, 2.45) is 17.6 Å². The molecule has 1 saturated heterocycles. The van der Waals surface area contributed by atoms with Crippen LogP contribution in [0.5, 0.6) is 0 Å². The van der Waals surface area contributed by atoms with Crippen molar-refractivity contribution in [1.82, 2.24) is 4.98 Å². The number of hydrogen-bond donors (Lipinski definition) is 1. The smallest absolute Gasteiger partial charge is 0.128 e. The van der Waals surface area contributed by atoms with Crippen molar-refractivity contribution in [2.45, 2.75) is 38.6 Å². The molecular formula is C15H23N3. The first-order valence-electron chi connectivity index (χ1n) is 7.27. The second-order valence-electron chi connectivity index (χ2n) is 5.77. The Morgan fingerprint density at radius 1 is 1.22 bits per heavy atom. The molecule has 2 unspecified atom stereocenters. The lowest BCUT2D eigenvalue weighted by Crippen LogP contribution is -2.42. The number of nitrogens with two attached hydrogens (primary N) is 1. The number of anilines is 1. The lowest BCUT2D eigenvalue weighted by molar-refractivity contribution is 0.202. The van der Waals surface area contributed by atoms with E-state index in [0.717, 1.165) is 17.7 Å². The minimum absolute atomic E-state index is 0.607. The Morgan fingerprint density at radius 3 is 2.89 bits per heavy atom. The molecule has 3 rings (SSSR count). The highest BCUT2D eigenvalue weighted by molar-refractivity contribution is 5.41. The molecule has 2 N–H and O–H groups in total. The Kier molecular flexibility index (Phi) is 3.50. The fourth-order valence-corrected chi connectivity index (χ4v) is 3.57. The third-order valence-corrected chi connectivity index (χ3v) is 4.66. The van der Waals surface area contributed by atoms with E-state index in [4.69, 9.17) is 5.73 Å². The highest BCUT2D eigenvalue weighted by Crippen LogP contribution is 2.37. The summed E-state index contributed by atoms with van der Waals surface area (Å²) in [5, 5.41) is 0.